The second-order valence-electron chi connectivity index (χ2n) is 4.44. The minimum Gasteiger partial charge on any atom is -0.309 e. The highest BCUT2D eigenvalue weighted by atomic mass is 32.2. The van der Waals surface area contributed by atoms with Gasteiger partial charge in [-0.1, -0.05) is 11.8 Å². The van der Waals surface area contributed by atoms with E-state index in [2.05, 4.69) is 45.7 Å². The van der Waals surface area contributed by atoms with Crippen LogP contribution in [0.25, 0.3) is 11.4 Å². The van der Waals surface area contributed by atoms with Crippen LogP contribution in [0.15, 0.2) is 29.7 Å². The van der Waals surface area contributed by atoms with Gasteiger partial charge in [-0.2, -0.15) is 0 Å². The molecule has 0 fully saturated rings. The SMILES string of the molecule is CCn1c(SCCN(C)C)nnc1-c1ccncc1. The fraction of sp³-hybridized carbons (Fsp3) is 0.462. The summed E-state index contributed by atoms with van der Waals surface area (Å²) in [4.78, 5) is 6.20. The van der Waals surface area contributed by atoms with Crippen molar-refractivity contribution in [2.75, 3.05) is 26.4 Å². The third kappa shape index (κ3) is 3.54. The molecule has 0 aromatic carbocycles. The van der Waals surface area contributed by atoms with Crippen molar-refractivity contribution in [3.63, 3.8) is 0 Å². The highest BCUT2D eigenvalue weighted by Crippen LogP contribution is 2.23. The molecule has 0 spiro atoms. The van der Waals surface area contributed by atoms with Gasteiger partial charge in [0.1, 0.15) is 0 Å². The van der Waals surface area contributed by atoms with Crippen molar-refractivity contribution in [3.8, 4) is 11.4 Å². The van der Waals surface area contributed by atoms with Gasteiger partial charge >= 0.3 is 0 Å². The second-order valence-corrected chi connectivity index (χ2v) is 5.50. The van der Waals surface area contributed by atoms with Gasteiger partial charge in [-0.25, -0.2) is 0 Å². The highest BCUT2D eigenvalue weighted by molar-refractivity contribution is 7.99. The van der Waals surface area contributed by atoms with Gasteiger partial charge < -0.3 is 9.47 Å². The summed E-state index contributed by atoms with van der Waals surface area (Å²) in [6.07, 6.45) is 3.56. The normalized spacial score (nSPS) is 11.2. The van der Waals surface area contributed by atoms with Crippen LogP contribution in [0.2, 0.25) is 0 Å². The van der Waals surface area contributed by atoms with Crippen molar-refractivity contribution in [2.24, 2.45) is 0 Å². The van der Waals surface area contributed by atoms with Crippen molar-refractivity contribution < 1.29 is 0 Å². The Morgan fingerprint density at radius 1 is 1.21 bits per heavy atom. The molecule has 0 aliphatic rings. The predicted octanol–water partition coefficient (Wildman–Crippen LogP) is 2.01. The van der Waals surface area contributed by atoms with E-state index in [9.17, 15) is 0 Å². The minimum absolute atomic E-state index is 0.870. The molecule has 0 unspecified atom stereocenters. The molecule has 2 aromatic rings. The Bertz CT molecular complexity index is 509. The molecule has 0 bridgehead atoms. The lowest BCUT2D eigenvalue weighted by Gasteiger charge is -2.09. The van der Waals surface area contributed by atoms with E-state index in [-0.39, 0.29) is 0 Å². The number of rotatable bonds is 6. The summed E-state index contributed by atoms with van der Waals surface area (Å²) in [5.41, 5.74) is 1.06. The third-order valence-electron chi connectivity index (χ3n) is 2.74. The van der Waals surface area contributed by atoms with Crippen molar-refractivity contribution in [3.05, 3.63) is 24.5 Å². The molecule has 0 N–H and O–H groups in total. The molecular formula is C13H19N5S. The van der Waals surface area contributed by atoms with Crippen molar-refractivity contribution >= 4 is 11.8 Å². The Morgan fingerprint density at radius 2 is 1.95 bits per heavy atom. The maximum absolute atomic E-state index is 4.31. The first-order chi connectivity index (χ1) is 9.22. The van der Waals surface area contributed by atoms with Crippen molar-refractivity contribution in [1.82, 2.24) is 24.6 Å². The molecule has 102 valence electrons. The molecule has 19 heavy (non-hydrogen) atoms. The zero-order valence-electron chi connectivity index (χ0n) is 11.6. The first kappa shape index (κ1) is 14.0. The first-order valence-electron chi connectivity index (χ1n) is 6.33. The number of hydrogen-bond acceptors (Lipinski definition) is 5. The molecule has 2 heterocycles. The summed E-state index contributed by atoms with van der Waals surface area (Å²) < 4.78 is 2.15. The highest BCUT2D eigenvalue weighted by Gasteiger charge is 2.12. The van der Waals surface area contributed by atoms with E-state index in [4.69, 9.17) is 0 Å². The summed E-state index contributed by atoms with van der Waals surface area (Å²) in [7, 11) is 4.15. The van der Waals surface area contributed by atoms with Crippen LogP contribution < -0.4 is 0 Å². The summed E-state index contributed by atoms with van der Waals surface area (Å²) in [6, 6.07) is 3.93. The average Bonchev–Trinajstić information content (AvgIpc) is 2.82. The van der Waals surface area contributed by atoms with Gasteiger partial charge in [-0.3, -0.25) is 4.98 Å². The molecule has 2 aromatic heterocycles. The second kappa shape index (κ2) is 6.68. The maximum Gasteiger partial charge on any atom is 0.191 e. The van der Waals surface area contributed by atoms with Gasteiger partial charge in [0, 0.05) is 36.8 Å². The van der Waals surface area contributed by atoms with Gasteiger partial charge in [0.15, 0.2) is 11.0 Å². The topological polar surface area (TPSA) is 46.8 Å². The van der Waals surface area contributed by atoms with Gasteiger partial charge in [0.2, 0.25) is 0 Å². The molecule has 6 heteroatoms. The number of pyridine rings is 1. The Hall–Kier alpha value is -1.40. The summed E-state index contributed by atoms with van der Waals surface area (Å²) >= 11 is 1.75. The van der Waals surface area contributed by atoms with Crippen molar-refractivity contribution in [1.29, 1.82) is 0 Å². The molecule has 0 radical (unpaired) electrons. The molecular weight excluding hydrogens is 258 g/mol. The fourth-order valence-corrected chi connectivity index (χ4v) is 2.82. The lowest BCUT2D eigenvalue weighted by atomic mass is 10.2. The van der Waals surface area contributed by atoms with Crippen LogP contribution in [-0.2, 0) is 6.54 Å². The molecule has 0 amide bonds. The van der Waals surface area contributed by atoms with E-state index >= 15 is 0 Å². The molecule has 0 atom stereocenters. The van der Waals surface area contributed by atoms with E-state index < -0.39 is 0 Å². The standard InChI is InChI=1S/C13H19N5S/c1-4-18-12(11-5-7-14-8-6-11)15-16-13(18)19-10-9-17(2)3/h5-8H,4,9-10H2,1-3H3. The number of nitrogens with zero attached hydrogens (tertiary/aromatic N) is 5. The third-order valence-corrected chi connectivity index (χ3v) is 3.69. The van der Waals surface area contributed by atoms with Crippen LogP contribution in [0, 0.1) is 0 Å². The van der Waals surface area contributed by atoms with Crippen LogP contribution in [0.4, 0.5) is 0 Å². The minimum atomic E-state index is 0.870. The number of aromatic nitrogens is 4. The first-order valence-corrected chi connectivity index (χ1v) is 7.32. The monoisotopic (exact) mass is 277 g/mol. The van der Waals surface area contributed by atoms with Crippen LogP contribution in [0.1, 0.15) is 6.92 Å². The smallest absolute Gasteiger partial charge is 0.191 e. The van der Waals surface area contributed by atoms with E-state index in [1.165, 1.54) is 0 Å². The zero-order chi connectivity index (χ0) is 13.7. The summed E-state index contributed by atoms with van der Waals surface area (Å²) in [6.45, 7) is 4.02. The Kier molecular flexibility index (Phi) is 4.93. The largest absolute Gasteiger partial charge is 0.309 e. The van der Waals surface area contributed by atoms with E-state index in [1.807, 2.05) is 12.1 Å². The van der Waals surface area contributed by atoms with Crippen LogP contribution >= 0.6 is 11.8 Å². The molecule has 0 saturated heterocycles. The Labute approximate surface area is 118 Å². The van der Waals surface area contributed by atoms with Crippen molar-refractivity contribution in [2.45, 2.75) is 18.6 Å². The number of thioether (sulfide) groups is 1. The Morgan fingerprint density at radius 3 is 2.58 bits per heavy atom. The van der Waals surface area contributed by atoms with Gasteiger partial charge in [-0.05, 0) is 33.2 Å². The lowest BCUT2D eigenvalue weighted by Crippen LogP contribution is -2.15. The van der Waals surface area contributed by atoms with E-state index in [1.54, 1.807) is 24.2 Å². The molecule has 2 rings (SSSR count). The van der Waals surface area contributed by atoms with Crippen LogP contribution in [0.5, 0.6) is 0 Å². The van der Waals surface area contributed by atoms with E-state index in [0.717, 1.165) is 35.4 Å². The zero-order valence-corrected chi connectivity index (χ0v) is 12.4. The fourth-order valence-electron chi connectivity index (χ4n) is 1.71. The summed E-state index contributed by atoms with van der Waals surface area (Å²) in [5, 5.41) is 9.59. The summed E-state index contributed by atoms with van der Waals surface area (Å²) in [5.74, 6) is 1.93. The lowest BCUT2D eigenvalue weighted by molar-refractivity contribution is 0.437. The number of hydrogen-bond donors (Lipinski definition) is 0. The molecule has 5 nitrogen and oxygen atoms in total. The quantitative estimate of drug-likeness (QED) is 0.756. The van der Waals surface area contributed by atoms with Crippen LogP contribution in [0.3, 0.4) is 0 Å². The average molecular weight is 277 g/mol. The Balaban J connectivity index is 2.16. The van der Waals surface area contributed by atoms with Crippen LogP contribution in [-0.4, -0.2) is 51.0 Å². The van der Waals surface area contributed by atoms with Gasteiger partial charge in [0.25, 0.3) is 0 Å². The van der Waals surface area contributed by atoms with E-state index in [0.29, 0.717) is 0 Å². The molecule has 0 saturated carbocycles. The predicted molar refractivity (Wildman–Crippen MR) is 78.2 cm³/mol. The van der Waals surface area contributed by atoms with Gasteiger partial charge in [-0.15, -0.1) is 10.2 Å². The molecule has 0 aliphatic carbocycles. The van der Waals surface area contributed by atoms with Gasteiger partial charge in [0.05, 0.1) is 0 Å². The molecule has 0 aliphatic heterocycles. The maximum atomic E-state index is 4.31.